The predicted octanol–water partition coefficient (Wildman–Crippen LogP) is 2.47. The largest absolute Gasteiger partial charge is 0.325 e. The third kappa shape index (κ3) is 7.78. The van der Waals surface area contributed by atoms with E-state index in [0.717, 1.165) is 25.9 Å². The average molecular weight is 295 g/mol. The van der Waals surface area contributed by atoms with Gasteiger partial charge in [-0.05, 0) is 71.1 Å². The Labute approximate surface area is 126 Å². The molecule has 0 aromatic heterocycles. The summed E-state index contributed by atoms with van der Waals surface area (Å²) in [4.78, 5) is 14.0. The maximum atomic E-state index is 12.7. The molecule has 0 fully saturated rings. The number of hydrogen-bond donors (Lipinski definition) is 2. The van der Waals surface area contributed by atoms with Crippen LogP contribution in [0.5, 0.6) is 0 Å². The normalized spacial score (nSPS) is 11.1. The minimum absolute atomic E-state index is 0.110. The second-order valence-electron chi connectivity index (χ2n) is 5.51. The molecule has 21 heavy (non-hydrogen) atoms. The van der Waals surface area contributed by atoms with Crippen molar-refractivity contribution >= 4 is 11.6 Å². The van der Waals surface area contributed by atoms with Crippen molar-refractivity contribution < 1.29 is 9.18 Å². The Morgan fingerprint density at radius 2 is 1.90 bits per heavy atom. The van der Waals surface area contributed by atoms with E-state index in [0.29, 0.717) is 11.7 Å². The molecule has 0 saturated heterocycles. The molecule has 0 spiro atoms. The molecule has 0 atom stereocenters. The second-order valence-corrected chi connectivity index (χ2v) is 5.51. The van der Waals surface area contributed by atoms with E-state index in [2.05, 4.69) is 36.4 Å². The van der Waals surface area contributed by atoms with Gasteiger partial charge in [0.15, 0.2) is 0 Å². The zero-order valence-electron chi connectivity index (χ0n) is 13.2. The summed E-state index contributed by atoms with van der Waals surface area (Å²) < 4.78 is 12.7. The highest BCUT2D eigenvalue weighted by atomic mass is 19.1. The van der Waals surface area contributed by atoms with Crippen molar-refractivity contribution in [2.75, 3.05) is 32.0 Å². The van der Waals surface area contributed by atoms with E-state index in [1.54, 1.807) is 12.1 Å². The van der Waals surface area contributed by atoms with Gasteiger partial charge in [0.25, 0.3) is 0 Å². The van der Waals surface area contributed by atoms with E-state index in [-0.39, 0.29) is 18.3 Å². The molecule has 1 rings (SSSR count). The smallest absolute Gasteiger partial charge is 0.238 e. The van der Waals surface area contributed by atoms with Gasteiger partial charge in [-0.25, -0.2) is 4.39 Å². The molecule has 2 N–H and O–H groups in total. The number of carbonyl (C=O) groups excluding carboxylic acids is 1. The molecular weight excluding hydrogens is 269 g/mol. The van der Waals surface area contributed by atoms with Gasteiger partial charge in [0, 0.05) is 11.7 Å². The minimum Gasteiger partial charge on any atom is -0.325 e. The molecule has 0 aliphatic carbocycles. The number of nitrogens with zero attached hydrogens (tertiary/aromatic N) is 1. The van der Waals surface area contributed by atoms with Crippen LogP contribution in [0.2, 0.25) is 0 Å². The number of benzene rings is 1. The van der Waals surface area contributed by atoms with Crippen LogP contribution >= 0.6 is 0 Å². The van der Waals surface area contributed by atoms with E-state index in [1.807, 2.05) is 0 Å². The van der Waals surface area contributed by atoms with Crippen molar-refractivity contribution in [3.63, 3.8) is 0 Å². The quantitative estimate of drug-likeness (QED) is 0.688. The molecule has 1 aromatic rings. The Hall–Kier alpha value is -1.46. The number of rotatable bonds is 9. The van der Waals surface area contributed by atoms with Crippen LogP contribution in [0.4, 0.5) is 10.1 Å². The number of carbonyl (C=O) groups is 1. The summed E-state index contributed by atoms with van der Waals surface area (Å²) in [6.07, 6.45) is 2.15. The molecule has 0 aliphatic heterocycles. The first-order valence-electron chi connectivity index (χ1n) is 7.45. The van der Waals surface area contributed by atoms with Gasteiger partial charge in [-0.15, -0.1) is 0 Å². The van der Waals surface area contributed by atoms with Gasteiger partial charge in [0.1, 0.15) is 5.82 Å². The van der Waals surface area contributed by atoms with E-state index in [1.165, 1.54) is 12.1 Å². The first kappa shape index (κ1) is 17.6. The van der Waals surface area contributed by atoms with Crippen LogP contribution in [0.1, 0.15) is 26.7 Å². The first-order valence-corrected chi connectivity index (χ1v) is 7.45. The van der Waals surface area contributed by atoms with E-state index in [4.69, 9.17) is 0 Å². The minimum atomic E-state index is -0.308. The molecule has 1 aromatic carbocycles. The highest BCUT2D eigenvalue weighted by Gasteiger charge is 2.03. The maximum Gasteiger partial charge on any atom is 0.238 e. The lowest BCUT2D eigenvalue weighted by atomic mass is 10.2. The van der Waals surface area contributed by atoms with Crippen molar-refractivity contribution in [1.29, 1.82) is 0 Å². The number of halogens is 1. The Bertz CT molecular complexity index is 420. The molecule has 4 nitrogen and oxygen atoms in total. The van der Waals surface area contributed by atoms with Crippen LogP contribution in [-0.4, -0.2) is 43.5 Å². The van der Waals surface area contributed by atoms with Gasteiger partial charge in [0.2, 0.25) is 5.91 Å². The second kappa shape index (κ2) is 9.47. The zero-order valence-corrected chi connectivity index (χ0v) is 13.2. The van der Waals surface area contributed by atoms with Crippen LogP contribution in [-0.2, 0) is 4.79 Å². The Kier molecular flexibility index (Phi) is 7.93. The van der Waals surface area contributed by atoms with Gasteiger partial charge in [-0.1, -0.05) is 0 Å². The Morgan fingerprint density at radius 3 is 2.52 bits per heavy atom. The third-order valence-electron chi connectivity index (χ3n) is 3.41. The average Bonchev–Trinajstić information content (AvgIpc) is 2.44. The summed E-state index contributed by atoms with van der Waals surface area (Å²) in [5.41, 5.74) is 0.613. The van der Waals surface area contributed by atoms with Crippen molar-refractivity contribution in [2.24, 2.45) is 0 Å². The Balaban J connectivity index is 2.07. The molecule has 0 heterocycles. The Morgan fingerprint density at radius 1 is 1.24 bits per heavy atom. The number of nitrogens with one attached hydrogen (secondary N) is 2. The fraction of sp³-hybridized carbons (Fsp3) is 0.562. The highest BCUT2D eigenvalue weighted by Crippen LogP contribution is 2.07. The number of hydrogen-bond acceptors (Lipinski definition) is 3. The zero-order chi connectivity index (χ0) is 15.7. The fourth-order valence-corrected chi connectivity index (χ4v) is 1.81. The van der Waals surface area contributed by atoms with Crippen molar-refractivity contribution in [1.82, 2.24) is 10.2 Å². The molecule has 0 aliphatic rings. The van der Waals surface area contributed by atoms with Crippen molar-refractivity contribution in [3.05, 3.63) is 30.1 Å². The van der Waals surface area contributed by atoms with Crippen molar-refractivity contribution in [2.45, 2.75) is 32.7 Å². The molecule has 0 bridgehead atoms. The third-order valence-corrected chi connectivity index (χ3v) is 3.41. The molecule has 5 heteroatoms. The maximum absolute atomic E-state index is 12.7. The lowest BCUT2D eigenvalue weighted by molar-refractivity contribution is -0.115. The van der Waals surface area contributed by atoms with E-state index >= 15 is 0 Å². The first-order chi connectivity index (χ1) is 9.99. The van der Waals surface area contributed by atoms with E-state index in [9.17, 15) is 9.18 Å². The SMILES string of the molecule is CC(C)N(C)CCCCNCC(=O)Nc1ccc(F)cc1. The summed E-state index contributed by atoms with van der Waals surface area (Å²) in [6.45, 7) is 6.53. The number of amides is 1. The standard InChI is InChI=1S/C16H26FN3O/c1-13(2)20(3)11-5-4-10-18-12-16(21)19-15-8-6-14(17)7-9-15/h6-9,13,18H,4-5,10-12H2,1-3H3,(H,19,21). The van der Waals surface area contributed by atoms with Gasteiger partial charge in [-0.3, -0.25) is 4.79 Å². The summed E-state index contributed by atoms with van der Waals surface area (Å²) in [5.74, 6) is -0.418. The fourth-order valence-electron chi connectivity index (χ4n) is 1.81. The van der Waals surface area contributed by atoms with Crippen LogP contribution in [0.3, 0.4) is 0 Å². The lowest BCUT2D eigenvalue weighted by Gasteiger charge is -2.20. The molecular formula is C16H26FN3O. The van der Waals surface area contributed by atoms with Crippen LogP contribution in [0.25, 0.3) is 0 Å². The number of unbranched alkanes of at least 4 members (excludes halogenated alkanes) is 1. The van der Waals surface area contributed by atoms with Gasteiger partial charge in [-0.2, -0.15) is 0 Å². The van der Waals surface area contributed by atoms with Crippen molar-refractivity contribution in [3.8, 4) is 0 Å². The topological polar surface area (TPSA) is 44.4 Å². The molecule has 1 amide bonds. The predicted molar refractivity (Wildman–Crippen MR) is 84.9 cm³/mol. The lowest BCUT2D eigenvalue weighted by Crippen LogP contribution is -2.30. The monoisotopic (exact) mass is 295 g/mol. The van der Waals surface area contributed by atoms with Gasteiger partial charge < -0.3 is 15.5 Å². The van der Waals surface area contributed by atoms with Crippen LogP contribution < -0.4 is 10.6 Å². The van der Waals surface area contributed by atoms with Crippen LogP contribution in [0, 0.1) is 5.82 Å². The highest BCUT2D eigenvalue weighted by molar-refractivity contribution is 5.92. The summed E-state index contributed by atoms with van der Waals surface area (Å²) >= 11 is 0. The summed E-state index contributed by atoms with van der Waals surface area (Å²) in [7, 11) is 2.12. The van der Waals surface area contributed by atoms with E-state index < -0.39 is 0 Å². The number of anilines is 1. The molecule has 0 saturated carbocycles. The summed E-state index contributed by atoms with van der Waals surface area (Å²) in [5, 5.41) is 5.83. The molecule has 0 radical (unpaired) electrons. The van der Waals surface area contributed by atoms with Gasteiger partial charge >= 0.3 is 0 Å². The molecule has 0 unspecified atom stereocenters. The summed E-state index contributed by atoms with van der Waals surface area (Å²) in [6, 6.07) is 6.33. The van der Waals surface area contributed by atoms with Crippen LogP contribution in [0.15, 0.2) is 24.3 Å². The molecule has 118 valence electrons. The van der Waals surface area contributed by atoms with Gasteiger partial charge in [0.05, 0.1) is 6.54 Å².